The predicted molar refractivity (Wildman–Crippen MR) is 91.7 cm³/mol. The van der Waals surface area contributed by atoms with E-state index in [0.29, 0.717) is 30.5 Å². The number of carbonyl (C=O) groups is 2. The van der Waals surface area contributed by atoms with Crippen LogP contribution in [0.1, 0.15) is 24.2 Å². The highest BCUT2D eigenvalue weighted by molar-refractivity contribution is 6.09. The quantitative estimate of drug-likeness (QED) is 0.793. The van der Waals surface area contributed by atoms with Gasteiger partial charge in [-0.1, -0.05) is 19.1 Å². The fourth-order valence-electron chi connectivity index (χ4n) is 3.10. The van der Waals surface area contributed by atoms with E-state index in [1.807, 2.05) is 6.92 Å². The summed E-state index contributed by atoms with van der Waals surface area (Å²) < 4.78 is 27.2. The van der Waals surface area contributed by atoms with Crippen LogP contribution >= 0.6 is 0 Å². The molecule has 0 aliphatic carbocycles. The van der Waals surface area contributed by atoms with Gasteiger partial charge in [-0.2, -0.15) is 0 Å². The third-order valence-corrected chi connectivity index (χ3v) is 4.24. The van der Waals surface area contributed by atoms with Crippen LogP contribution in [-0.4, -0.2) is 24.9 Å². The first-order valence-corrected chi connectivity index (χ1v) is 8.02. The van der Waals surface area contributed by atoms with Crippen LogP contribution in [-0.2, 0) is 4.79 Å². The molecule has 1 aliphatic heterocycles. The number of halogens is 2. The van der Waals surface area contributed by atoms with Crippen LogP contribution in [0.15, 0.2) is 42.5 Å². The Bertz CT molecular complexity index is 838. The van der Waals surface area contributed by atoms with E-state index in [9.17, 15) is 18.4 Å². The molecule has 0 spiro atoms. The lowest BCUT2D eigenvalue weighted by Crippen LogP contribution is -2.36. The van der Waals surface area contributed by atoms with E-state index in [-0.39, 0.29) is 17.4 Å². The lowest BCUT2D eigenvalue weighted by atomic mass is 10.1. The smallest absolute Gasteiger partial charge is 0.261 e. The Labute approximate surface area is 144 Å². The highest BCUT2D eigenvalue weighted by atomic mass is 19.1. The maximum atomic E-state index is 14.1. The van der Waals surface area contributed by atoms with Crippen molar-refractivity contribution in [2.75, 3.05) is 22.9 Å². The molecule has 3 rings (SSSR count). The van der Waals surface area contributed by atoms with Crippen molar-refractivity contribution in [1.29, 1.82) is 0 Å². The Morgan fingerprint density at radius 3 is 2.20 bits per heavy atom. The van der Waals surface area contributed by atoms with E-state index < -0.39 is 17.5 Å². The van der Waals surface area contributed by atoms with Crippen molar-refractivity contribution in [1.82, 2.24) is 0 Å². The molecular weight excluding hydrogens is 326 g/mol. The van der Waals surface area contributed by atoms with Gasteiger partial charge >= 0.3 is 0 Å². The highest BCUT2D eigenvalue weighted by Gasteiger charge is 2.31. The van der Waals surface area contributed by atoms with Crippen molar-refractivity contribution in [2.24, 2.45) is 5.92 Å². The van der Waals surface area contributed by atoms with Crippen LogP contribution in [0.5, 0.6) is 0 Å². The molecule has 130 valence electrons. The second kappa shape index (κ2) is 6.63. The molecule has 0 bridgehead atoms. The summed E-state index contributed by atoms with van der Waals surface area (Å²) in [6.45, 7) is 4.18. The summed E-state index contributed by atoms with van der Waals surface area (Å²) in [5.41, 5.74) is 0.950. The summed E-state index contributed by atoms with van der Waals surface area (Å²) in [6, 6.07) is 9.93. The molecule has 6 heteroatoms. The van der Waals surface area contributed by atoms with Crippen molar-refractivity contribution in [2.45, 2.75) is 13.8 Å². The standard InChI is InChI=1S/C19H18F2N2O2/c1-12-10-22(13(2)24)17-5-3-4-6-18(17)23(11-12)19(25)15-8-7-14(20)9-16(15)21/h3-9,12H,10-11H2,1-2H3. The molecule has 0 saturated carbocycles. The number of carbonyl (C=O) groups excluding carboxylic acids is 2. The fraction of sp³-hybridized carbons (Fsp3) is 0.263. The number of hydrogen-bond acceptors (Lipinski definition) is 2. The predicted octanol–water partition coefficient (Wildman–Crippen LogP) is 3.61. The van der Waals surface area contributed by atoms with Crippen LogP contribution in [0.4, 0.5) is 20.2 Å². The Morgan fingerprint density at radius 2 is 1.60 bits per heavy atom. The Hall–Kier alpha value is -2.76. The third kappa shape index (κ3) is 3.24. The molecule has 1 atom stereocenters. The van der Waals surface area contributed by atoms with Crippen LogP contribution < -0.4 is 9.80 Å². The number of nitrogens with zero attached hydrogens (tertiary/aromatic N) is 2. The summed E-state index contributed by atoms with van der Waals surface area (Å²) >= 11 is 0. The van der Waals surface area contributed by atoms with Gasteiger partial charge in [0.1, 0.15) is 11.6 Å². The number of anilines is 2. The van der Waals surface area contributed by atoms with Crippen molar-refractivity contribution in [3.8, 4) is 0 Å². The lowest BCUT2D eigenvalue weighted by Gasteiger charge is -2.25. The van der Waals surface area contributed by atoms with E-state index in [0.717, 1.165) is 12.1 Å². The van der Waals surface area contributed by atoms with Gasteiger partial charge in [-0.25, -0.2) is 8.78 Å². The molecule has 0 saturated heterocycles. The topological polar surface area (TPSA) is 40.6 Å². The van der Waals surface area contributed by atoms with Gasteiger partial charge in [0.15, 0.2) is 0 Å². The van der Waals surface area contributed by atoms with E-state index in [1.165, 1.54) is 11.8 Å². The fourth-order valence-corrected chi connectivity index (χ4v) is 3.10. The third-order valence-electron chi connectivity index (χ3n) is 4.24. The molecule has 2 aromatic carbocycles. The average Bonchev–Trinajstić information content (AvgIpc) is 2.71. The summed E-state index contributed by atoms with van der Waals surface area (Å²) in [7, 11) is 0. The van der Waals surface area contributed by atoms with Crippen LogP contribution in [0.3, 0.4) is 0 Å². The van der Waals surface area contributed by atoms with Crippen LogP contribution in [0.2, 0.25) is 0 Å². The summed E-state index contributed by atoms with van der Waals surface area (Å²) in [5, 5.41) is 0. The number of rotatable bonds is 1. The van der Waals surface area contributed by atoms with Gasteiger partial charge in [0.25, 0.3) is 5.91 Å². The molecule has 1 heterocycles. The van der Waals surface area contributed by atoms with Gasteiger partial charge in [-0.15, -0.1) is 0 Å². The maximum absolute atomic E-state index is 14.1. The van der Waals surface area contributed by atoms with Gasteiger partial charge in [0.2, 0.25) is 5.91 Å². The van der Waals surface area contributed by atoms with Crippen molar-refractivity contribution < 1.29 is 18.4 Å². The highest BCUT2D eigenvalue weighted by Crippen LogP contribution is 2.34. The zero-order chi connectivity index (χ0) is 18.1. The second-order valence-corrected chi connectivity index (χ2v) is 6.26. The minimum absolute atomic E-state index is 0.0104. The van der Waals surface area contributed by atoms with E-state index in [1.54, 1.807) is 29.2 Å². The molecule has 0 N–H and O–H groups in total. The summed E-state index contributed by atoms with van der Waals surface area (Å²) in [5.74, 6) is -2.32. The molecule has 25 heavy (non-hydrogen) atoms. The Morgan fingerprint density at radius 1 is 1.00 bits per heavy atom. The molecule has 0 fully saturated rings. The maximum Gasteiger partial charge on any atom is 0.261 e. The molecule has 2 aromatic rings. The minimum atomic E-state index is -0.900. The van der Waals surface area contributed by atoms with Crippen LogP contribution in [0.25, 0.3) is 0 Å². The lowest BCUT2D eigenvalue weighted by molar-refractivity contribution is -0.116. The van der Waals surface area contributed by atoms with Crippen molar-refractivity contribution in [3.63, 3.8) is 0 Å². The molecule has 2 amide bonds. The largest absolute Gasteiger partial charge is 0.310 e. The second-order valence-electron chi connectivity index (χ2n) is 6.26. The molecule has 0 radical (unpaired) electrons. The monoisotopic (exact) mass is 344 g/mol. The number of fused-ring (bicyclic) bond motifs is 1. The van der Waals surface area contributed by atoms with E-state index in [4.69, 9.17) is 0 Å². The Balaban J connectivity index is 2.09. The number of hydrogen-bond donors (Lipinski definition) is 0. The zero-order valence-corrected chi connectivity index (χ0v) is 14.0. The molecule has 4 nitrogen and oxygen atoms in total. The molecule has 1 unspecified atom stereocenters. The van der Waals surface area contributed by atoms with E-state index in [2.05, 4.69) is 0 Å². The first kappa shape index (κ1) is 17.1. The zero-order valence-electron chi connectivity index (χ0n) is 14.0. The SMILES string of the molecule is CC(=O)N1CC(C)CN(C(=O)c2ccc(F)cc2F)c2ccccc21. The number of para-hydroxylation sites is 2. The molecule has 0 aromatic heterocycles. The average molecular weight is 344 g/mol. The summed E-state index contributed by atoms with van der Waals surface area (Å²) in [6.07, 6.45) is 0. The summed E-state index contributed by atoms with van der Waals surface area (Å²) in [4.78, 5) is 28.0. The minimum Gasteiger partial charge on any atom is -0.310 e. The van der Waals surface area contributed by atoms with Gasteiger partial charge < -0.3 is 9.80 Å². The van der Waals surface area contributed by atoms with Gasteiger partial charge in [0, 0.05) is 26.1 Å². The molecular formula is C19H18F2N2O2. The van der Waals surface area contributed by atoms with Crippen LogP contribution in [0, 0.1) is 17.6 Å². The normalized spacial score (nSPS) is 17.0. The van der Waals surface area contributed by atoms with Gasteiger partial charge in [-0.3, -0.25) is 9.59 Å². The van der Waals surface area contributed by atoms with Gasteiger partial charge in [0.05, 0.1) is 16.9 Å². The van der Waals surface area contributed by atoms with Crippen molar-refractivity contribution in [3.05, 3.63) is 59.7 Å². The van der Waals surface area contributed by atoms with Gasteiger partial charge in [-0.05, 0) is 30.2 Å². The Kier molecular flexibility index (Phi) is 4.53. The first-order chi connectivity index (χ1) is 11.9. The number of amides is 2. The van der Waals surface area contributed by atoms with Crippen molar-refractivity contribution >= 4 is 23.2 Å². The number of benzene rings is 2. The molecule has 1 aliphatic rings. The first-order valence-electron chi connectivity index (χ1n) is 8.02. The van der Waals surface area contributed by atoms with E-state index >= 15 is 0 Å².